The maximum Gasteiger partial charge on any atom is 0.159 e. The number of aromatic nitrogens is 1. The van der Waals surface area contributed by atoms with Gasteiger partial charge in [-0.05, 0) is 104 Å². The van der Waals surface area contributed by atoms with E-state index in [1.54, 1.807) is 23.9 Å². The Morgan fingerprint density at radius 2 is 1.65 bits per heavy atom. The Labute approximate surface area is 259 Å². The van der Waals surface area contributed by atoms with E-state index in [0.717, 1.165) is 56.3 Å². The van der Waals surface area contributed by atoms with Crippen molar-refractivity contribution in [2.75, 3.05) is 38.1 Å². The van der Waals surface area contributed by atoms with Gasteiger partial charge in [-0.15, -0.1) is 0 Å². The summed E-state index contributed by atoms with van der Waals surface area (Å²) in [7, 11) is 2.16. The Kier molecular flexibility index (Phi) is 9.90. The fourth-order valence-corrected chi connectivity index (χ4v) is 6.67. The van der Waals surface area contributed by atoms with E-state index in [-0.39, 0.29) is 11.2 Å². The monoisotopic (exact) mass is 621 g/mol. The quantitative estimate of drug-likeness (QED) is 0.160. The third kappa shape index (κ3) is 7.68. The summed E-state index contributed by atoms with van der Waals surface area (Å²) in [5.74, 6) is -1.85. The maximum atomic E-state index is 13.4. The number of pyridine rings is 1. The molecule has 3 heterocycles. The van der Waals surface area contributed by atoms with Crippen molar-refractivity contribution in [1.82, 2.24) is 9.88 Å². The first-order valence-corrected chi connectivity index (χ1v) is 15.1. The summed E-state index contributed by atoms with van der Waals surface area (Å²) in [5.41, 5.74) is 4.08. The molecular formula is C34H31ClF3N3OS. The summed E-state index contributed by atoms with van der Waals surface area (Å²) in [6.45, 7) is 3.79. The molecule has 9 heteroatoms. The lowest BCUT2D eigenvalue weighted by molar-refractivity contribution is 0.112. The number of halogens is 4. The molecule has 1 spiro atoms. The maximum absolute atomic E-state index is 13.4. The lowest BCUT2D eigenvalue weighted by atomic mass is 9.74. The molecule has 2 aliphatic rings. The standard InChI is InChI=1S/C28H27F3N2S.C6H4ClNO/c1-32-19-28(24-18-23(9-11-27(24)32)34-22-7-5-21(29)6-8-22)12-15-33(16-13-28)14-2-3-20-4-10-25(30)26(31)17-20;7-6-3-5(4-9)1-2-8-6/h2-11,17-18H,12-16,19H2,1H3;1-4H/b3-2+;. The largest absolute Gasteiger partial charge is 0.373 e. The number of nitrogens with zero attached hydrogens (tertiary/aromatic N) is 3. The molecule has 0 amide bonds. The highest BCUT2D eigenvalue weighted by Gasteiger charge is 2.43. The van der Waals surface area contributed by atoms with Gasteiger partial charge in [-0.25, -0.2) is 18.2 Å². The average molecular weight is 622 g/mol. The number of likely N-dealkylation sites (tertiary alicyclic amines) is 1. The molecule has 4 nitrogen and oxygen atoms in total. The number of carbonyl (C=O) groups is 1. The van der Waals surface area contributed by atoms with Crippen molar-refractivity contribution in [3.63, 3.8) is 0 Å². The van der Waals surface area contributed by atoms with Crippen LogP contribution in [-0.4, -0.2) is 49.4 Å². The summed E-state index contributed by atoms with van der Waals surface area (Å²) in [6, 6.07) is 20.4. The van der Waals surface area contributed by atoms with Crippen LogP contribution in [0.5, 0.6) is 0 Å². The van der Waals surface area contributed by atoms with Gasteiger partial charge < -0.3 is 4.90 Å². The van der Waals surface area contributed by atoms with Gasteiger partial charge in [0.05, 0.1) is 0 Å². The number of aldehydes is 1. The summed E-state index contributed by atoms with van der Waals surface area (Å²) in [6.07, 6.45) is 8.25. The third-order valence-corrected chi connectivity index (χ3v) is 9.06. The van der Waals surface area contributed by atoms with Crippen LogP contribution in [0.15, 0.2) is 94.9 Å². The minimum Gasteiger partial charge on any atom is -0.373 e. The fourth-order valence-electron chi connectivity index (χ4n) is 5.64. The molecular weight excluding hydrogens is 591 g/mol. The van der Waals surface area contributed by atoms with Crippen molar-refractivity contribution in [3.8, 4) is 0 Å². The zero-order valence-corrected chi connectivity index (χ0v) is 25.2. The van der Waals surface area contributed by atoms with E-state index >= 15 is 0 Å². The predicted octanol–water partition coefficient (Wildman–Crippen LogP) is 8.30. The zero-order valence-electron chi connectivity index (χ0n) is 23.7. The second-order valence-electron chi connectivity index (χ2n) is 10.8. The van der Waals surface area contributed by atoms with E-state index in [0.29, 0.717) is 16.3 Å². The van der Waals surface area contributed by atoms with Crippen molar-refractivity contribution in [3.05, 3.63) is 124 Å². The average Bonchev–Trinajstić information content (AvgIpc) is 3.27. The van der Waals surface area contributed by atoms with Gasteiger partial charge in [0.15, 0.2) is 11.6 Å². The molecule has 0 unspecified atom stereocenters. The third-order valence-electron chi connectivity index (χ3n) is 7.86. The predicted molar refractivity (Wildman–Crippen MR) is 168 cm³/mol. The van der Waals surface area contributed by atoms with Gasteiger partial charge in [0.1, 0.15) is 17.3 Å². The van der Waals surface area contributed by atoms with Crippen LogP contribution in [0.25, 0.3) is 6.08 Å². The second kappa shape index (κ2) is 13.8. The number of likely N-dealkylation sites (N-methyl/N-ethyl adjacent to an activating group) is 1. The smallest absolute Gasteiger partial charge is 0.159 e. The molecule has 1 saturated heterocycles. The summed E-state index contributed by atoms with van der Waals surface area (Å²) >= 11 is 7.12. The molecule has 0 bridgehead atoms. The fraction of sp³-hybridized carbons (Fsp3) is 0.235. The van der Waals surface area contributed by atoms with Crippen molar-refractivity contribution in [2.45, 2.75) is 28.0 Å². The van der Waals surface area contributed by atoms with E-state index in [1.807, 2.05) is 24.3 Å². The van der Waals surface area contributed by atoms with E-state index in [9.17, 15) is 18.0 Å². The minimum atomic E-state index is -0.820. The van der Waals surface area contributed by atoms with Crippen LogP contribution in [0.1, 0.15) is 34.3 Å². The highest BCUT2D eigenvalue weighted by Crippen LogP contribution is 2.48. The summed E-state index contributed by atoms with van der Waals surface area (Å²) < 4.78 is 39.8. The van der Waals surface area contributed by atoms with Crippen LogP contribution in [-0.2, 0) is 5.41 Å². The molecule has 0 radical (unpaired) electrons. The Morgan fingerprint density at radius 3 is 2.33 bits per heavy atom. The topological polar surface area (TPSA) is 36.4 Å². The van der Waals surface area contributed by atoms with Crippen molar-refractivity contribution in [2.24, 2.45) is 0 Å². The van der Waals surface area contributed by atoms with E-state index in [1.165, 1.54) is 46.6 Å². The Morgan fingerprint density at radius 1 is 0.907 bits per heavy atom. The molecule has 3 aromatic carbocycles. The number of hydrogen-bond acceptors (Lipinski definition) is 5. The van der Waals surface area contributed by atoms with Crippen LogP contribution in [0.3, 0.4) is 0 Å². The first kappa shape index (κ1) is 30.9. The van der Waals surface area contributed by atoms with Crippen LogP contribution < -0.4 is 4.90 Å². The summed E-state index contributed by atoms with van der Waals surface area (Å²) in [5, 5.41) is 0.347. The number of carbonyl (C=O) groups excluding carboxylic acids is 1. The SMILES string of the molecule is CN1CC2(CCN(C/C=C/c3ccc(F)c(F)c3)CC2)c2cc(Sc3ccc(F)cc3)ccc21.O=Cc1ccnc(Cl)c1. The minimum absolute atomic E-state index is 0.143. The van der Waals surface area contributed by atoms with Gasteiger partial charge in [0.2, 0.25) is 0 Å². The number of fused-ring (bicyclic) bond motifs is 2. The first-order valence-electron chi connectivity index (χ1n) is 13.9. The molecule has 43 heavy (non-hydrogen) atoms. The number of anilines is 1. The molecule has 0 N–H and O–H groups in total. The molecule has 0 atom stereocenters. The summed E-state index contributed by atoms with van der Waals surface area (Å²) in [4.78, 5) is 20.8. The molecule has 6 rings (SSSR count). The van der Waals surface area contributed by atoms with Crippen molar-refractivity contribution >= 4 is 41.4 Å². The van der Waals surface area contributed by atoms with Crippen LogP contribution in [0.4, 0.5) is 18.9 Å². The molecule has 2 aliphatic heterocycles. The number of hydrogen-bond donors (Lipinski definition) is 0. The van der Waals surface area contributed by atoms with E-state index in [4.69, 9.17) is 11.6 Å². The lowest BCUT2D eigenvalue weighted by Crippen LogP contribution is -2.44. The lowest BCUT2D eigenvalue weighted by Gasteiger charge is -2.39. The molecule has 4 aromatic rings. The first-order chi connectivity index (χ1) is 20.7. The molecule has 0 saturated carbocycles. The number of piperidine rings is 1. The van der Waals surface area contributed by atoms with E-state index in [2.05, 4.69) is 40.0 Å². The molecule has 1 aromatic heterocycles. The van der Waals surface area contributed by atoms with Crippen LogP contribution >= 0.6 is 23.4 Å². The van der Waals surface area contributed by atoms with Gasteiger partial charge in [-0.3, -0.25) is 9.69 Å². The number of benzene rings is 3. The number of rotatable bonds is 6. The van der Waals surface area contributed by atoms with Gasteiger partial charge >= 0.3 is 0 Å². The molecule has 222 valence electrons. The van der Waals surface area contributed by atoms with Crippen LogP contribution in [0, 0.1) is 17.5 Å². The van der Waals surface area contributed by atoms with Gasteiger partial charge in [0, 0.05) is 52.8 Å². The normalized spacial score (nSPS) is 15.8. The van der Waals surface area contributed by atoms with Gasteiger partial charge in [-0.1, -0.05) is 41.6 Å². The van der Waals surface area contributed by atoms with Gasteiger partial charge in [0.25, 0.3) is 0 Å². The van der Waals surface area contributed by atoms with E-state index < -0.39 is 11.6 Å². The molecule has 0 aliphatic carbocycles. The van der Waals surface area contributed by atoms with Crippen molar-refractivity contribution < 1.29 is 18.0 Å². The van der Waals surface area contributed by atoms with Gasteiger partial charge in [-0.2, -0.15) is 0 Å². The molecule has 1 fully saturated rings. The van der Waals surface area contributed by atoms with Crippen molar-refractivity contribution in [1.29, 1.82) is 0 Å². The zero-order chi connectivity index (χ0) is 30.4. The Bertz CT molecular complexity index is 1610. The Hall–Kier alpha value is -3.59. The highest BCUT2D eigenvalue weighted by atomic mass is 35.5. The van der Waals surface area contributed by atoms with Crippen LogP contribution in [0.2, 0.25) is 5.15 Å². The second-order valence-corrected chi connectivity index (χ2v) is 12.3. The Balaban J connectivity index is 0.000000351. The highest BCUT2D eigenvalue weighted by molar-refractivity contribution is 7.99.